The maximum atomic E-state index is 13.1. The predicted octanol–water partition coefficient (Wildman–Crippen LogP) is 2.66. The molecule has 6 nitrogen and oxygen atoms in total. The first-order valence-corrected chi connectivity index (χ1v) is 10.9. The third-order valence-electron chi connectivity index (χ3n) is 6.62. The minimum atomic E-state index is -0.0634. The Morgan fingerprint density at radius 2 is 1.80 bits per heavy atom. The fourth-order valence-corrected chi connectivity index (χ4v) is 4.74. The Labute approximate surface area is 179 Å². The second kappa shape index (κ2) is 8.36. The van der Waals surface area contributed by atoms with Crippen LogP contribution in [-0.4, -0.2) is 55.2 Å². The van der Waals surface area contributed by atoms with E-state index in [9.17, 15) is 4.79 Å². The third-order valence-corrected chi connectivity index (χ3v) is 6.62. The fraction of sp³-hybridized carbons (Fsp3) is 0.500. The smallest absolute Gasteiger partial charge is 0.253 e. The van der Waals surface area contributed by atoms with Crippen LogP contribution in [0.5, 0.6) is 0 Å². The van der Waals surface area contributed by atoms with Gasteiger partial charge in [0.25, 0.3) is 5.91 Å². The molecule has 3 heterocycles. The van der Waals surface area contributed by atoms with Gasteiger partial charge in [0.1, 0.15) is 5.82 Å². The average Bonchev–Trinajstić information content (AvgIpc) is 3.25. The third kappa shape index (κ3) is 3.82. The first kappa shape index (κ1) is 20.8. The number of aryl methyl sites for hydroxylation is 2. The lowest BCUT2D eigenvalue weighted by atomic mass is 9.80. The largest absolute Gasteiger partial charge is 0.353 e. The predicted molar refractivity (Wildman–Crippen MR) is 121 cm³/mol. The van der Waals surface area contributed by atoms with E-state index >= 15 is 0 Å². The zero-order valence-electron chi connectivity index (χ0n) is 18.5. The Hall–Kier alpha value is -2.44. The van der Waals surface area contributed by atoms with E-state index in [1.54, 1.807) is 0 Å². The highest BCUT2D eigenvalue weighted by Gasteiger charge is 2.38. The Balaban J connectivity index is 1.42. The number of anilines is 1. The highest BCUT2D eigenvalue weighted by Crippen LogP contribution is 2.31. The molecule has 0 spiro atoms. The van der Waals surface area contributed by atoms with Gasteiger partial charge in [-0.2, -0.15) is 0 Å². The number of rotatable bonds is 4. The van der Waals surface area contributed by atoms with E-state index < -0.39 is 0 Å². The number of carbonyl (C=O) groups excluding carboxylic acids is 1. The van der Waals surface area contributed by atoms with Gasteiger partial charge in [-0.1, -0.05) is 32.0 Å². The molecular formula is C24H33N5O. The summed E-state index contributed by atoms with van der Waals surface area (Å²) in [5.74, 6) is 1.61. The van der Waals surface area contributed by atoms with Crippen LogP contribution in [0.1, 0.15) is 40.9 Å². The van der Waals surface area contributed by atoms with Crippen LogP contribution in [0.4, 0.5) is 5.82 Å². The topological polar surface area (TPSA) is 60.5 Å². The van der Waals surface area contributed by atoms with Crippen molar-refractivity contribution in [3.8, 4) is 0 Å². The Morgan fingerprint density at radius 1 is 1.10 bits per heavy atom. The summed E-state index contributed by atoms with van der Waals surface area (Å²) in [4.78, 5) is 21.9. The minimum absolute atomic E-state index is 0.0634. The summed E-state index contributed by atoms with van der Waals surface area (Å²) in [6.07, 6.45) is 1.92. The average molecular weight is 408 g/mol. The van der Waals surface area contributed by atoms with Gasteiger partial charge in [0.15, 0.2) is 0 Å². The molecule has 0 bridgehead atoms. The number of amides is 1. The zero-order valence-corrected chi connectivity index (χ0v) is 18.5. The molecule has 6 heteroatoms. The molecule has 0 unspecified atom stereocenters. The SMILES string of the molecule is Cc1cnc(N2CCN(C(=O)c3ccc([C@]4(C(C)C)CNCN4)cc3)CC2)c(C)c1. The van der Waals surface area contributed by atoms with E-state index in [0.717, 1.165) is 50.8 Å². The molecule has 0 saturated carbocycles. The molecule has 160 valence electrons. The lowest BCUT2D eigenvalue weighted by Gasteiger charge is -2.36. The normalized spacial score (nSPS) is 22.0. The van der Waals surface area contributed by atoms with Crippen molar-refractivity contribution in [1.82, 2.24) is 20.5 Å². The standard InChI is InChI=1S/C24H33N5O/c1-17(2)24(15-25-16-27-24)21-7-5-20(6-8-21)23(30)29-11-9-28(10-12-29)22-19(4)13-18(3)14-26-22/h5-8,13-14,17,25,27H,9-12,15-16H2,1-4H3/t24-/m1/s1. The molecule has 0 radical (unpaired) electrons. The summed E-state index contributed by atoms with van der Waals surface area (Å²) in [6, 6.07) is 10.4. The van der Waals surface area contributed by atoms with Gasteiger partial charge in [-0.25, -0.2) is 4.98 Å². The molecule has 2 fully saturated rings. The molecule has 2 N–H and O–H groups in total. The lowest BCUT2D eigenvalue weighted by molar-refractivity contribution is 0.0746. The molecule has 2 aliphatic rings. The van der Waals surface area contributed by atoms with Crippen LogP contribution in [-0.2, 0) is 5.54 Å². The molecular weight excluding hydrogens is 374 g/mol. The number of pyridine rings is 1. The number of benzene rings is 1. The molecule has 2 aromatic rings. The van der Waals surface area contributed by atoms with E-state index in [4.69, 9.17) is 0 Å². The number of carbonyl (C=O) groups is 1. The maximum absolute atomic E-state index is 13.1. The summed E-state index contributed by atoms with van der Waals surface area (Å²) in [6.45, 7) is 13.4. The monoisotopic (exact) mass is 407 g/mol. The molecule has 2 saturated heterocycles. The Kier molecular flexibility index (Phi) is 5.80. The van der Waals surface area contributed by atoms with Crippen LogP contribution in [0.25, 0.3) is 0 Å². The number of nitrogens with one attached hydrogen (secondary N) is 2. The van der Waals surface area contributed by atoms with Gasteiger partial charge in [0.05, 0.1) is 5.54 Å². The number of nitrogens with zero attached hydrogens (tertiary/aromatic N) is 3. The van der Waals surface area contributed by atoms with Gasteiger partial charge < -0.3 is 15.1 Å². The summed E-state index contributed by atoms with van der Waals surface area (Å²) >= 11 is 0. The van der Waals surface area contributed by atoms with Gasteiger partial charge in [0.2, 0.25) is 0 Å². The van der Waals surface area contributed by atoms with E-state index in [1.807, 2.05) is 23.2 Å². The van der Waals surface area contributed by atoms with E-state index in [1.165, 1.54) is 16.7 Å². The Morgan fingerprint density at radius 3 is 2.37 bits per heavy atom. The first-order chi connectivity index (χ1) is 14.4. The number of aromatic nitrogens is 1. The van der Waals surface area contributed by atoms with Crippen molar-refractivity contribution < 1.29 is 4.79 Å². The number of hydrogen-bond acceptors (Lipinski definition) is 5. The van der Waals surface area contributed by atoms with Crippen LogP contribution in [0.3, 0.4) is 0 Å². The van der Waals surface area contributed by atoms with Gasteiger partial charge in [0, 0.05) is 51.2 Å². The molecule has 1 atom stereocenters. The first-order valence-electron chi connectivity index (χ1n) is 10.9. The van der Waals surface area contributed by atoms with E-state index in [0.29, 0.717) is 5.92 Å². The highest BCUT2D eigenvalue weighted by molar-refractivity contribution is 5.94. The number of hydrogen-bond donors (Lipinski definition) is 2. The zero-order chi connectivity index (χ0) is 21.3. The van der Waals surface area contributed by atoms with Gasteiger partial charge >= 0.3 is 0 Å². The van der Waals surface area contributed by atoms with Crippen molar-refractivity contribution in [1.29, 1.82) is 0 Å². The van der Waals surface area contributed by atoms with Crippen molar-refractivity contribution in [2.75, 3.05) is 44.3 Å². The van der Waals surface area contributed by atoms with Crippen LogP contribution in [0, 0.1) is 19.8 Å². The van der Waals surface area contributed by atoms with Crippen LogP contribution < -0.4 is 15.5 Å². The van der Waals surface area contributed by atoms with Crippen molar-refractivity contribution in [2.45, 2.75) is 33.2 Å². The van der Waals surface area contributed by atoms with Crippen molar-refractivity contribution in [2.24, 2.45) is 5.92 Å². The summed E-state index contributed by atoms with van der Waals surface area (Å²) in [5.41, 5.74) is 4.31. The molecule has 30 heavy (non-hydrogen) atoms. The van der Waals surface area contributed by atoms with Crippen LogP contribution in [0.15, 0.2) is 36.5 Å². The second-order valence-corrected chi connectivity index (χ2v) is 8.92. The maximum Gasteiger partial charge on any atom is 0.253 e. The van der Waals surface area contributed by atoms with Gasteiger partial charge in [-0.05, 0) is 48.6 Å². The molecule has 1 amide bonds. The summed E-state index contributed by atoms with van der Waals surface area (Å²) < 4.78 is 0. The van der Waals surface area contributed by atoms with E-state index in [-0.39, 0.29) is 11.4 Å². The van der Waals surface area contributed by atoms with Crippen molar-refractivity contribution in [3.05, 3.63) is 58.8 Å². The minimum Gasteiger partial charge on any atom is -0.353 e. The number of piperazine rings is 1. The van der Waals surface area contributed by atoms with Gasteiger partial charge in [-0.3, -0.25) is 10.1 Å². The molecule has 2 aliphatic heterocycles. The highest BCUT2D eigenvalue weighted by atomic mass is 16.2. The molecule has 4 rings (SSSR count). The van der Waals surface area contributed by atoms with Crippen LogP contribution >= 0.6 is 0 Å². The second-order valence-electron chi connectivity index (χ2n) is 8.92. The van der Waals surface area contributed by atoms with Crippen molar-refractivity contribution in [3.63, 3.8) is 0 Å². The van der Waals surface area contributed by atoms with Crippen LogP contribution in [0.2, 0.25) is 0 Å². The quantitative estimate of drug-likeness (QED) is 0.816. The van der Waals surface area contributed by atoms with Crippen molar-refractivity contribution >= 4 is 11.7 Å². The summed E-state index contributed by atoms with van der Waals surface area (Å²) in [7, 11) is 0. The Bertz CT molecular complexity index is 894. The molecule has 1 aromatic heterocycles. The lowest BCUT2D eigenvalue weighted by Crippen LogP contribution is -2.49. The molecule has 0 aliphatic carbocycles. The summed E-state index contributed by atoms with van der Waals surface area (Å²) in [5, 5.41) is 7.02. The van der Waals surface area contributed by atoms with Gasteiger partial charge in [-0.15, -0.1) is 0 Å². The fourth-order valence-electron chi connectivity index (χ4n) is 4.74. The molecule has 1 aromatic carbocycles. The van der Waals surface area contributed by atoms with E-state index in [2.05, 4.69) is 66.4 Å².